The number of aromatic nitrogens is 1. The topological polar surface area (TPSA) is 63.7 Å². The number of nitrogens with zero attached hydrogens (tertiary/aromatic N) is 2. The van der Waals surface area contributed by atoms with E-state index in [1.54, 1.807) is 23.1 Å². The Balaban J connectivity index is 1.75. The highest BCUT2D eigenvalue weighted by atomic mass is 19.4. The van der Waals surface area contributed by atoms with Crippen LogP contribution in [0.15, 0.2) is 36.5 Å². The van der Waals surface area contributed by atoms with E-state index in [0.717, 1.165) is 18.9 Å². The smallest absolute Gasteiger partial charge is 0.419 e. The fourth-order valence-electron chi connectivity index (χ4n) is 3.67. The van der Waals surface area contributed by atoms with Crippen molar-refractivity contribution in [2.24, 2.45) is 5.92 Å². The maximum absolute atomic E-state index is 13.4. The zero-order chi connectivity index (χ0) is 23.1. The van der Waals surface area contributed by atoms with Gasteiger partial charge in [0.25, 0.3) is 0 Å². The van der Waals surface area contributed by atoms with Gasteiger partial charge in [0.15, 0.2) is 0 Å². The van der Waals surface area contributed by atoms with Crippen LogP contribution in [0.4, 0.5) is 24.7 Å². The number of amides is 1. The number of benzene rings is 1. The van der Waals surface area contributed by atoms with Gasteiger partial charge < -0.3 is 19.7 Å². The number of hydrogen-bond acceptors (Lipinski definition) is 5. The summed E-state index contributed by atoms with van der Waals surface area (Å²) >= 11 is 0. The number of nitrogens with one attached hydrogen (secondary N) is 1. The highest BCUT2D eigenvalue weighted by molar-refractivity contribution is 5.94. The standard InChI is InChI=1S/C23H28F3N3O3/c1-3-4-13-32-20-10-9-17(31-2)14-19(20)28-22(30)16-7-6-12-29(15-16)21-18(23(24,25)26)8-5-11-27-21/h5,8-11,14,16H,3-4,6-7,12-13,15H2,1-2H3,(H,28,30). The lowest BCUT2D eigenvalue weighted by molar-refractivity contribution is -0.137. The van der Waals surface area contributed by atoms with Crippen molar-refractivity contribution in [1.29, 1.82) is 0 Å². The van der Waals surface area contributed by atoms with Crippen LogP contribution in [0, 0.1) is 5.92 Å². The molecular weight excluding hydrogens is 423 g/mol. The van der Waals surface area contributed by atoms with Crippen LogP contribution in [0.3, 0.4) is 0 Å². The molecule has 1 unspecified atom stereocenters. The van der Waals surface area contributed by atoms with E-state index < -0.39 is 17.7 Å². The van der Waals surface area contributed by atoms with Gasteiger partial charge in [-0.25, -0.2) is 4.98 Å². The van der Waals surface area contributed by atoms with Crippen LogP contribution in [-0.2, 0) is 11.0 Å². The Morgan fingerprint density at radius 2 is 2.12 bits per heavy atom. The number of rotatable bonds is 8. The number of anilines is 2. The second kappa shape index (κ2) is 10.6. The molecule has 1 saturated heterocycles. The van der Waals surface area contributed by atoms with Gasteiger partial charge in [-0.3, -0.25) is 4.79 Å². The van der Waals surface area contributed by atoms with Gasteiger partial charge in [0, 0.05) is 25.4 Å². The van der Waals surface area contributed by atoms with E-state index in [1.807, 2.05) is 0 Å². The average molecular weight is 451 g/mol. The highest BCUT2D eigenvalue weighted by Crippen LogP contribution is 2.37. The third-order valence-corrected chi connectivity index (χ3v) is 5.38. The van der Waals surface area contributed by atoms with Gasteiger partial charge in [0.1, 0.15) is 17.3 Å². The predicted octanol–water partition coefficient (Wildman–Crippen LogP) is 5.14. The Hall–Kier alpha value is -2.97. The van der Waals surface area contributed by atoms with Crippen molar-refractivity contribution in [3.05, 3.63) is 42.1 Å². The Kier molecular flexibility index (Phi) is 7.82. The first-order chi connectivity index (χ1) is 15.3. The molecular formula is C23H28F3N3O3. The third-order valence-electron chi connectivity index (χ3n) is 5.38. The highest BCUT2D eigenvalue weighted by Gasteiger charge is 2.37. The molecule has 2 aromatic rings. The molecule has 1 N–H and O–H groups in total. The monoisotopic (exact) mass is 451 g/mol. The van der Waals surface area contributed by atoms with E-state index in [-0.39, 0.29) is 18.3 Å². The molecule has 0 radical (unpaired) electrons. The van der Waals surface area contributed by atoms with E-state index in [1.165, 1.54) is 19.4 Å². The maximum atomic E-state index is 13.4. The first kappa shape index (κ1) is 23.7. The van der Waals surface area contributed by atoms with Crippen molar-refractivity contribution >= 4 is 17.4 Å². The summed E-state index contributed by atoms with van der Waals surface area (Å²) in [4.78, 5) is 18.5. The summed E-state index contributed by atoms with van der Waals surface area (Å²) in [5, 5.41) is 2.89. The van der Waals surface area contributed by atoms with Crippen molar-refractivity contribution in [2.45, 2.75) is 38.8 Å². The fourth-order valence-corrected chi connectivity index (χ4v) is 3.67. The number of halogens is 3. The number of pyridine rings is 1. The Bertz CT molecular complexity index is 921. The molecule has 1 aromatic carbocycles. The van der Waals surface area contributed by atoms with E-state index in [9.17, 15) is 18.0 Å². The second-order valence-electron chi connectivity index (χ2n) is 7.71. The summed E-state index contributed by atoms with van der Waals surface area (Å²) in [6, 6.07) is 7.45. The summed E-state index contributed by atoms with van der Waals surface area (Å²) in [5.41, 5.74) is -0.308. The van der Waals surface area contributed by atoms with Crippen LogP contribution in [0.25, 0.3) is 0 Å². The number of carbonyl (C=O) groups is 1. The minimum Gasteiger partial charge on any atom is -0.497 e. The van der Waals surface area contributed by atoms with Crippen molar-refractivity contribution in [2.75, 3.05) is 37.0 Å². The van der Waals surface area contributed by atoms with Crippen molar-refractivity contribution in [1.82, 2.24) is 4.98 Å². The minimum absolute atomic E-state index is 0.137. The molecule has 1 aliphatic heterocycles. The predicted molar refractivity (Wildman–Crippen MR) is 116 cm³/mol. The van der Waals surface area contributed by atoms with Gasteiger partial charge in [-0.05, 0) is 43.5 Å². The number of hydrogen-bond donors (Lipinski definition) is 1. The Labute approximate surface area is 185 Å². The van der Waals surface area contributed by atoms with E-state index in [4.69, 9.17) is 9.47 Å². The molecule has 0 aliphatic carbocycles. The summed E-state index contributed by atoms with van der Waals surface area (Å²) < 4.78 is 51.3. The van der Waals surface area contributed by atoms with Gasteiger partial charge in [-0.15, -0.1) is 0 Å². The minimum atomic E-state index is -4.51. The zero-order valence-electron chi connectivity index (χ0n) is 18.2. The van der Waals surface area contributed by atoms with E-state index in [0.29, 0.717) is 43.2 Å². The number of ether oxygens (including phenoxy) is 2. The van der Waals surface area contributed by atoms with Gasteiger partial charge in [0.2, 0.25) is 5.91 Å². The first-order valence-electron chi connectivity index (χ1n) is 10.7. The average Bonchev–Trinajstić information content (AvgIpc) is 2.79. The van der Waals surface area contributed by atoms with Gasteiger partial charge >= 0.3 is 6.18 Å². The normalized spacial score (nSPS) is 16.5. The largest absolute Gasteiger partial charge is 0.497 e. The van der Waals surface area contributed by atoms with Crippen LogP contribution < -0.4 is 19.7 Å². The summed E-state index contributed by atoms with van der Waals surface area (Å²) in [6.07, 6.45) is -0.156. The molecule has 32 heavy (non-hydrogen) atoms. The lowest BCUT2D eigenvalue weighted by atomic mass is 9.96. The molecule has 1 aliphatic rings. The SMILES string of the molecule is CCCCOc1ccc(OC)cc1NC(=O)C1CCCN(c2ncccc2C(F)(F)F)C1. The Morgan fingerprint density at radius 1 is 1.31 bits per heavy atom. The molecule has 174 valence electrons. The molecule has 9 heteroatoms. The van der Waals surface area contributed by atoms with Crippen LogP contribution in [-0.4, -0.2) is 37.7 Å². The van der Waals surface area contributed by atoms with Gasteiger partial charge in [-0.2, -0.15) is 13.2 Å². The Morgan fingerprint density at radius 3 is 2.84 bits per heavy atom. The summed E-state index contributed by atoms with van der Waals surface area (Å²) in [7, 11) is 1.53. The third kappa shape index (κ3) is 5.83. The van der Waals surface area contributed by atoms with E-state index >= 15 is 0 Å². The van der Waals surface area contributed by atoms with Crippen LogP contribution in [0.1, 0.15) is 38.2 Å². The lowest BCUT2D eigenvalue weighted by Crippen LogP contribution is -2.42. The molecule has 0 saturated carbocycles. The molecule has 0 bridgehead atoms. The van der Waals surface area contributed by atoms with E-state index in [2.05, 4.69) is 17.2 Å². The van der Waals surface area contributed by atoms with Crippen LogP contribution >= 0.6 is 0 Å². The molecule has 2 heterocycles. The summed E-state index contributed by atoms with van der Waals surface area (Å²) in [5.74, 6) is 0.206. The molecule has 1 aromatic heterocycles. The number of carbonyl (C=O) groups excluding carboxylic acids is 1. The number of piperidine rings is 1. The van der Waals surface area contributed by atoms with Crippen LogP contribution in [0.5, 0.6) is 11.5 Å². The number of methoxy groups -OCH3 is 1. The van der Waals surface area contributed by atoms with Gasteiger partial charge in [0.05, 0.1) is 30.9 Å². The molecule has 1 atom stereocenters. The van der Waals surface area contributed by atoms with Crippen molar-refractivity contribution in [3.63, 3.8) is 0 Å². The fraction of sp³-hybridized carbons (Fsp3) is 0.478. The zero-order valence-corrected chi connectivity index (χ0v) is 18.2. The molecule has 1 fully saturated rings. The lowest BCUT2D eigenvalue weighted by Gasteiger charge is -2.34. The molecule has 3 rings (SSSR count). The molecule has 0 spiro atoms. The molecule has 6 nitrogen and oxygen atoms in total. The van der Waals surface area contributed by atoms with Crippen molar-refractivity contribution in [3.8, 4) is 11.5 Å². The van der Waals surface area contributed by atoms with Crippen molar-refractivity contribution < 1.29 is 27.4 Å². The number of alkyl halides is 3. The van der Waals surface area contributed by atoms with Gasteiger partial charge in [-0.1, -0.05) is 13.3 Å². The second-order valence-corrected chi connectivity index (χ2v) is 7.71. The number of unbranched alkanes of at least 4 members (excludes halogenated alkanes) is 1. The maximum Gasteiger partial charge on any atom is 0.419 e. The van der Waals surface area contributed by atoms with Crippen LogP contribution in [0.2, 0.25) is 0 Å². The summed E-state index contributed by atoms with van der Waals surface area (Å²) in [6.45, 7) is 3.14. The first-order valence-corrected chi connectivity index (χ1v) is 10.7. The quantitative estimate of drug-likeness (QED) is 0.563. The molecule has 1 amide bonds.